The van der Waals surface area contributed by atoms with Gasteiger partial charge in [-0.3, -0.25) is 14.4 Å². The third kappa shape index (κ3) is 17.7. The van der Waals surface area contributed by atoms with Crippen molar-refractivity contribution in [1.82, 2.24) is 0 Å². The molecule has 0 aromatic heterocycles. The molecule has 1 fully saturated rings. The van der Waals surface area contributed by atoms with Gasteiger partial charge in [0, 0.05) is 7.79 Å². The van der Waals surface area contributed by atoms with Crippen LogP contribution >= 0.6 is 34.8 Å². The van der Waals surface area contributed by atoms with Crippen LogP contribution < -0.4 is 0 Å². The molecule has 1 rings (SSSR count). The number of alkyl halides is 3. The lowest BCUT2D eigenvalue weighted by molar-refractivity contribution is -0.165. The molecule has 0 amide bonds. The number of halogens is 3. The topological polar surface area (TPSA) is 163 Å². The van der Waals surface area contributed by atoms with Crippen LogP contribution in [0.15, 0.2) is 0 Å². The number of ether oxygens (including phenoxy) is 4. The molecule has 1 aliphatic heterocycles. The molecule has 0 spiro atoms. The first-order valence-corrected chi connectivity index (χ1v) is 11.8. The van der Waals surface area contributed by atoms with Crippen LogP contribution in [0.4, 0.5) is 4.79 Å². The van der Waals surface area contributed by atoms with Crippen LogP contribution in [0.2, 0.25) is 0 Å². The number of hydrogen-bond donors (Lipinski definition) is 2. The van der Waals surface area contributed by atoms with Crippen LogP contribution in [0.3, 0.4) is 0 Å². The van der Waals surface area contributed by atoms with E-state index in [0.717, 1.165) is 0 Å². The number of ketones is 2. The van der Waals surface area contributed by atoms with Crippen molar-refractivity contribution in [3.8, 4) is 0 Å². The fourth-order valence-electron chi connectivity index (χ4n) is 1.43. The number of rotatable bonds is 7. The van der Waals surface area contributed by atoms with E-state index in [1.807, 2.05) is 0 Å². The third-order valence-corrected chi connectivity index (χ3v) is 4.84. The van der Waals surface area contributed by atoms with E-state index in [2.05, 4.69) is 14.2 Å². The lowest BCUT2D eigenvalue weighted by Gasteiger charge is -2.29. The van der Waals surface area contributed by atoms with Gasteiger partial charge >= 0.3 is 18.1 Å². The Morgan fingerprint density at radius 3 is 1.69 bits per heavy atom. The summed E-state index contributed by atoms with van der Waals surface area (Å²) >= 11 is 15.1. The van der Waals surface area contributed by atoms with Crippen molar-refractivity contribution in [1.29, 1.82) is 0 Å². The van der Waals surface area contributed by atoms with Gasteiger partial charge in [-0.1, -0.05) is 41.7 Å². The summed E-state index contributed by atoms with van der Waals surface area (Å²) in [4.78, 5) is 52.9. The van der Waals surface area contributed by atoms with E-state index in [1.54, 1.807) is 27.7 Å². The number of cyclic esters (lactones) is 2. The fraction of sp³-hybridized carbons (Fsp3) is 0.773. The van der Waals surface area contributed by atoms with E-state index in [0.29, 0.717) is 13.0 Å². The monoisotopic (exact) mass is 584 g/mol. The predicted octanol–water partition coefficient (Wildman–Crippen LogP) is 3.19. The summed E-state index contributed by atoms with van der Waals surface area (Å²) in [6.45, 7) is 9.20. The van der Waals surface area contributed by atoms with Crippen LogP contribution in [0, 0.1) is 10.8 Å². The second-order valence-electron chi connectivity index (χ2n) is 7.65. The van der Waals surface area contributed by atoms with Crippen molar-refractivity contribution in [3.63, 3.8) is 0 Å². The smallest absolute Gasteiger partial charge is 0.465 e. The van der Waals surface area contributed by atoms with Crippen molar-refractivity contribution in [3.05, 3.63) is 0 Å². The van der Waals surface area contributed by atoms with Gasteiger partial charge < -0.3 is 34.0 Å². The summed E-state index contributed by atoms with van der Waals surface area (Å²) < 4.78 is 23.4. The van der Waals surface area contributed by atoms with E-state index in [4.69, 9.17) is 51.1 Å². The standard InChI is InChI=1S/C8H12O5.C7H14O4.C4H8O.C3H3Cl3O/c1-3-11-6(9)8(2)4-12-7(10)13-5-8;1-3-11-6(10)7(2,4-8)5-9;1-3-4(2)5;1-2(7)3(4,5)6/h3-5H2,1-2H3;8-9H,3-5H2,1-2H3;3H2,1-2H3;1H3/i;;2T;. The largest absolute Gasteiger partial charge is 0.508 e. The molecule has 11 nitrogen and oxygen atoms in total. The normalized spacial score (nSPS) is 14.3. The highest BCUT2D eigenvalue weighted by molar-refractivity contribution is 6.76. The maximum Gasteiger partial charge on any atom is 0.508 e. The summed E-state index contributed by atoms with van der Waals surface area (Å²) in [6.07, 6.45) is -0.231. The lowest BCUT2D eigenvalue weighted by atomic mass is 9.93. The predicted molar refractivity (Wildman–Crippen MR) is 133 cm³/mol. The minimum absolute atomic E-state index is 0.00926. The summed E-state index contributed by atoms with van der Waals surface area (Å²) in [5, 5.41) is 17.4. The van der Waals surface area contributed by atoms with E-state index in [9.17, 15) is 24.0 Å². The van der Waals surface area contributed by atoms with Gasteiger partial charge in [0.2, 0.25) is 3.79 Å². The summed E-state index contributed by atoms with van der Waals surface area (Å²) in [7, 11) is 0. The molecule has 2 N–H and O–H groups in total. The van der Waals surface area contributed by atoms with Crippen LogP contribution in [-0.2, 0) is 38.1 Å². The van der Waals surface area contributed by atoms with E-state index >= 15 is 0 Å². The summed E-state index contributed by atoms with van der Waals surface area (Å²) in [5.41, 5.74) is -2.01. The Hall–Kier alpha value is -1.66. The van der Waals surface area contributed by atoms with Crippen LogP contribution in [0.25, 0.3) is 0 Å². The van der Waals surface area contributed by atoms with Gasteiger partial charge in [0.25, 0.3) is 0 Å². The number of aliphatic hydroxyl groups excluding tert-OH is 2. The SMILES string of the molecule is CC(=O)C(Cl)(Cl)Cl.CCOC(=O)C(C)(CO)CO.CCOC(=O)C1(C)COC(=O)OC1.[3H]CC(=O)CC. The zero-order valence-electron chi connectivity index (χ0n) is 22.4. The van der Waals surface area contributed by atoms with Gasteiger partial charge in [-0.25, -0.2) is 4.79 Å². The Kier molecular flexibility index (Phi) is 19.7. The molecule has 0 aliphatic carbocycles. The van der Waals surface area contributed by atoms with Crippen molar-refractivity contribution in [2.75, 3.05) is 39.6 Å². The summed E-state index contributed by atoms with van der Waals surface area (Å²) in [5.74, 6) is -1.42. The van der Waals surface area contributed by atoms with Gasteiger partial charge in [0.05, 0.1) is 26.4 Å². The molecule has 0 aromatic rings. The fourth-order valence-corrected chi connectivity index (χ4v) is 1.43. The van der Waals surface area contributed by atoms with Gasteiger partial charge in [-0.2, -0.15) is 0 Å². The lowest BCUT2D eigenvalue weighted by Crippen LogP contribution is -2.44. The van der Waals surface area contributed by atoms with Crippen molar-refractivity contribution in [2.24, 2.45) is 10.8 Å². The van der Waals surface area contributed by atoms with E-state index in [-0.39, 0.29) is 32.5 Å². The number of carbonyl (C=O) groups excluding carboxylic acids is 5. The first-order valence-electron chi connectivity index (χ1n) is 11.4. The second-order valence-corrected chi connectivity index (χ2v) is 9.93. The number of esters is 2. The molecule has 212 valence electrons. The Morgan fingerprint density at radius 1 is 1.03 bits per heavy atom. The zero-order chi connectivity index (χ0) is 29.9. The molecule has 0 atom stereocenters. The van der Waals surface area contributed by atoms with Gasteiger partial charge in [0.1, 0.15) is 29.8 Å². The molecule has 1 saturated heterocycles. The maximum atomic E-state index is 11.3. The Bertz CT molecular complexity index is 707. The Labute approximate surface area is 228 Å². The number of hydrogen-bond acceptors (Lipinski definition) is 11. The zero-order valence-corrected chi connectivity index (χ0v) is 23.6. The first kappa shape index (κ1) is 36.5. The van der Waals surface area contributed by atoms with Gasteiger partial charge in [0.15, 0.2) is 5.78 Å². The molecule has 14 heteroatoms. The Morgan fingerprint density at radius 2 is 1.44 bits per heavy atom. The van der Waals surface area contributed by atoms with Crippen molar-refractivity contribution >= 4 is 64.5 Å². The second kappa shape index (κ2) is 19.5. The maximum absolute atomic E-state index is 11.3. The molecule has 0 aromatic carbocycles. The molecular weight excluding hydrogens is 547 g/mol. The molecule has 1 aliphatic rings. The molecule has 0 radical (unpaired) electrons. The first-order chi connectivity index (χ1) is 16.9. The highest BCUT2D eigenvalue weighted by Crippen LogP contribution is 2.26. The van der Waals surface area contributed by atoms with E-state index < -0.39 is 51.7 Å². The Balaban J connectivity index is -0.000000438. The molecule has 0 saturated carbocycles. The highest BCUT2D eigenvalue weighted by atomic mass is 35.6. The van der Waals surface area contributed by atoms with Crippen molar-refractivity contribution in [2.45, 2.75) is 58.7 Å². The number of carbonyl (C=O) groups is 5. The number of aliphatic hydroxyl groups is 2. The average Bonchev–Trinajstić information content (AvgIpc) is 2.85. The third-order valence-electron chi connectivity index (χ3n) is 4.05. The van der Waals surface area contributed by atoms with Gasteiger partial charge in [-0.15, -0.1) is 0 Å². The summed E-state index contributed by atoms with van der Waals surface area (Å²) in [6, 6.07) is 0. The molecule has 0 unspecified atom stereocenters. The minimum Gasteiger partial charge on any atom is -0.465 e. The number of Topliss-reactive ketones (excluding diaryl/α,β-unsaturated/α-hetero) is 2. The quantitative estimate of drug-likeness (QED) is 0.256. The van der Waals surface area contributed by atoms with E-state index in [1.165, 1.54) is 13.8 Å². The highest BCUT2D eigenvalue weighted by Gasteiger charge is 2.41. The average molecular weight is 586 g/mol. The van der Waals surface area contributed by atoms with Crippen LogP contribution in [0.5, 0.6) is 0 Å². The molecular formula is C22H37Cl3O11. The molecule has 1 heterocycles. The molecule has 0 bridgehead atoms. The van der Waals surface area contributed by atoms with Crippen LogP contribution in [-0.4, -0.2) is 83.3 Å². The molecule has 36 heavy (non-hydrogen) atoms. The van der Waals surface area contributed by atoms with Crippen molar-refractivity contribution < 1.29 is 54.5 Å². The van der Waals surface area contributed by atoms with Gasteiger partial charge in [-0.05, 0) is 41.5 Å². The minimum atomic E-state index is -1.72. The van der Waals surface area contributed by atoms with Crippen LogP contribution in [0.1, 0.15) is 56.2 Å².